The van der Waals surface area contributed by atoms with Gasteiger partial charge in [0.1, 0.15) is 11.3 Å². The molecule has 2 aromatic rings. The van der Waals surface area contributed by atoms with Crippen molar-refractivity contribution < 1.29 is 9.53 Å². The van der Waals surface area contributed by atoms with Crippen molar-refractivity contribution in [3.8, 4) is 5.69 Å². The van der Waals surface area contributed by atoms with Crippen molar-refractivity contribution in [1.29, 1.82) is 0 Å². The number of nitrogens with zero attached hydrogens (tertiary/aromatic N) is 4. The molecule has 1 aromatic heterocycles. The zero-order valence-electron chi connectivity index (χ0n) is 13.8. The van der Waals surface area contributed by atoms with Crippen LogP contribution < -0.4 is 0 Å². The van der Waals surface area contributed by atoms with E-state index >= 15 is 0 Å². The molecule has 6 nitrogen and oxygen atoms in total. The molecule has 23 heavy (non-hydrogen) atoms. The molecule has 0 bridgehead atoms. The molecule has 0 N–H and O–H groups in total. The van der Waals surface area contributed by atoms with Crippen LogP contribution in [0.4, 0.5) is 4.79 Å². The second kappa shape index (κ2) is 6.02. The van der Waals surface area contributed by atoms with Crippen LogP contribution in [0.5, 0.6) is 0 Å². The van der Waals surface area contributed by atoms with E-state index < -0.39 is 5.60 Å². The maximum atomic E-state index is 12.4. The van der Waals surface area contributed by atoms with Crippen LogP contribution in [-0.4, -0.2) is 38.1 Å². The summed E-state index contributed by atoms with van der Waals surface area (Å²) in [5.74, 6) is 0. The minimum absolute atomic E-state index is 0.0673. The van der Waals surface area contributed by atoms with Gasteiger partial charge in [0.15, 0.2) is 0 Å². The Kier molecular flexibility index (Phi) is 4.07. The number of carbonyl (C=O) groups is 1. The van der Waals surface area contributed by atoms with Gasteiger partial charge in [-0.3, -0.25) is 4.90 Å². The van der Waals surface area contributed by atoms with E-state index in [1.165, 1.54) is 0 Å². The summed E-state index contributed by atoms with van der Waals surface area (Å²) < 4.78 is 7.23. The van der Waals surface area contributed by atoms with Crippen molar-refractivity contribution in [2.75, 3.05) is 6.54 Å². The van der Waals surface area contributed by atoms with Crippen LogP contribution in [-0.2, 0) is 4.74 Å². The van der Waals surface area contributed by atoms with Gasteiger partial charge in [-0.25, -0.2) is 9.48 Å². The van der Waals surface area contributed by atoms with Gasteiger partial charge in [0.2, 0.25) is 0 Å². The maximum Gasteiger partial charge on any atom is 0.410 e. The van der Waals surface area contributed by atoms with Gasteiger partial charge in [-0.15, -0.1) is 5.10 Å². The molecule has 0 unspecified atom stereocenters. The van der Waals surface area contributed by atoms with E-state index in [1.807, 2.05) is 57.3 Å². The van der Waals surface area contributed by atoms with Crippen molar-refractivity contribution in [2.45, 2.75) is 45.3 Å². The third-order valence-electron chi connectivity index (χ3n) is 3.75. The molecule has 6 heteroatoms. The minimum atomic E-state index is -0.494. The lowest BCUT2D eigenvalue weighted by Gasteiger charge is -2.27. The number of amides is 1. The molecular formula is C17H22N4O2. The molecule has 2 heterocycles. The van der Waals surface area contributed by atoms with Crippen molar-refractivity contribution in [2.24, 2.45) is 0 Å². The smallest absolute Gasteiger partial charge is 0.410 e. The largest absolute Gasteiger partial charge is 0.444 e. The number of rotatable bonds is 2. The normalized spacial score (nSPS) is 18.2. The molecular weight excluding hydrogens is 292 g/mol. The third kappa shape index (κ3) is 3.52. The summed E-state index contributed by atoms with van der Waals surface area (Å²) >= 11 is 0. The average molecular weight is 314 g/mol. The lowest BCUT2D eigenvalue weighted by molar-refractivity contribution is 0.0221. The predicted molar refractivity (Wildman–Crippen MR) is 86.3 cm³/mol. The Hall–Kier alpha value is -2.37. The van der Waals surface area contributed by atoms with Gasteiger partial charge < -0.3 is 4.74 Å². The Morgan fingerprint density at radius 3 is 2.70 bits per heavy atom. The Labute approximate surface area is 136 Å². The Morgan fingerprint density at radius 1 is 1.26 bits per heavy atom. The van der Waals surface area contributed by atoms with Gasteiger partial charge in [-0.2, -0.15) is 0 Å². The van der Waals surface area contributed by atoms with E-state index in [0.29, 0.717) is 6.54 Å². The Morgan fingerprint density at radius 2 is 2.00 bits per heavy atom. The fourth-order valence-corrected chi connectivity index (χ4v) is 2.75. The second-order valence-electron chi connectivity index (χ2n) is 6.76. The van der Waals surface area contributed by atoms with Crippen LogP contribution in [0.2, 0.25) is 0 Å². The van der Waals surface area contributed by atoms with E-state index in [0.717, 1.165) is 24.2 Å². The van der Waals surface area contributed by atoms with Crippen LogP contribution in [0.1, 0.15) is 45.3 Å². The van der Waals surface area contributed by atoms with Gasteiger partial charge in [0.05, 0.1) is 17.9 Å². The molecule has 0 aliphatic carbocycles. The minimum Gasteiger partial charge on any atom is -0.444 e. The molecule has 122 valence electrons. The topological polar surface area (TPSA) is 60.2 Å². The third-order valence-corrected chi connectivity index (χ3v) is 3.75. The number of para-hydroxylation sites is 1. The molecule has 1 amide bonds. The highest BCUT2D eigenvalue weighted by atomic mass is 16.6. The summed E-state index contributed by atoms with van der Waals surface area (Å²) in [6.07, 6.45) is 3.44. The number of ether oxygens (including phenoxy) is 1. The highest BCUT2D eigenvalue weighted by Gasteiger charge is 2.34. The number of carbonyl (C=O) groups excluding carboxylic acids is 1. The number of hydrogen-bond donors (Lipinski definition) is 0. The Bertz CT molecular complexity index is 675. The van der Waals surface area contributed by atoms with E-state index in [9.17, 15) is 4.79 Å². The van der Waals surface area contributed by atoms with Gasteiger partial charge in [0, 0.05) is 6.54 Å². The zero-order valence-corrected chi connectivity index (χ0v) is 13.8. The fraction of sp³-hybridized carbons (Fsp3) is 0.471. The number of hydrogen-bond acceptors (Lipinski definition) is 4. The van der Waals surface area contributed by atoms with Crippen LogP contribution in [0.15, 0.2) is 36.5 Å². The van der Waals surface area contributed by atoms with E-state index in [-0.39, 0.29) is 12.1 Å². The van der Waals surface area contributed by atoms with Gasteiger partial charge in [-0.1, -0.05) is 23.4 Å². The first-order valence-electron chi connectivity index (χ1n) is 7.91. The highest BCUT2D eigenvalue weighted by molar-refractivity contribution is 5.69. The van der Waals surface area contributed by atoms with Crippen LogP contribution in [0, 0.1) is 0 Å². The molecule has 0 spiro atoms. The average Bonchev–Trinajstić information content (AvgIpc) is 3.15. The molecule has 0 saturated carbocycles. The van der Waals surface area contributed by atoms with Gasteiger partial charge in [0.25, 0.3) is 0 Å². The summed E-state index contributed by atoms with van der Waals surface area (Å²) in [7, 11) is 0. The summed E-state index contributed by atoms with van der Waals surface area (Å²) in [6, 6.07) is 9.75. The van der Waals surface area contributed by atoms with Crippen molar-refractivity contribution in [3.63, 3.8) is 0 Å². The summed E-state index contributed by atoms with van der Waals surface area (Å²) in [5, 5.41) is 8.45. The highest BCUT2D eigenvalue weighted by Crippen LogP contribution is 2.32. The lowest BCUT2D eigenvalue weighted by Crippen LogP contribution is -2.36. The quantitative estimate of drug-likeness (QED) is 0.853. The number of aromatic nitrogens is 3. The molecule has 1 fully saturated rings. The van der Waals surface area contributed by atoms with Crippen LogP contribution in [0.3, 0.4) is 0 Å². The van der Waals surface area contributed by atoms with Crippen LogP contribution in [0.25, 0.3) is 5.69 Å². The summed E-state index contributed by atoms with van der Waals surface area (Å²) in [6.45, 7) is 6.32. The van der Waals surface area contributed by atoms with E-state index in [1.54, 1.807) is 9.58 Å². The predicted octanol–water partition coefficient (Wildman–Crippen LogP) is 3.34. The van der Waals surface area contributed by atoms with Gasteiger partial charge >= 0.3 is 6.09 Å². The first kappa shape index (κ1) is 15.5. The lowest BCUT2D eigenvalue weighted by atomic mass is 10.1. The first-order chi connectivity index (χ1) is 10.9. The van der Waals surface area contributed by atoms with E-state index in [4.69, 9.17) is 4.74 Å². The van der Waals surface area contributed by atoms with Crippen molar-refractivity contribution in [1.82, 2.24) is 19.9 Å². The first-order valence-corrected chi connectivity index (χ1v) is 7.91. The maximum absolute atomic E-state index is 12.4. The van der Waals surface area contributed by atoms with Crippen molar-refractivity contribution in [3.05, 3.63) is 42.2 Å². The molecule has 1 atom stereocenters. The molecule has 1 aliphatic heterocycles. The number of benzene rings is 1. The van der Waals surface area contributed by atoms with Gasteiger partial charge in [-0.05, 0) is 45.7 Å². The fourth-order valence-electron chi connectivity index (χ4n) is 2.75. The SMILES string of the molecule is CC(C)(C)OC(=O)N1CCC[C@H]1c1cn(-c2ccccc2)nn1. The molecule has 1 aliphatic rings. The molecule has 3 rings (SSSR count). The molecule has 1 aromatic carbocycles. The molecule has 1 saturated heterocycles. The molecule has 0 radical (unpaired) electrons. The summed E-state index contributed by atoms with van der Waals surface area (Å²) in [4.78, 5) is 14.1. The van der Waals surface area contributed by atoms with Crippen LogP contribution >= 0.6 is 0 Å². The summed E-state index contributed by atoms with van der Waals surface area (Å²) in [5.41, 5.74) is 1.26. The number of likely N-dealkylation sites (tertiary alicyclic amines) is 1. The van der Waals surface area contributed by atoms with Crippen molar-refractivity contribution >= 4 is 6.09 Å². The monoisotopic (exact) mass is 314 g/mol. The second-order valence-corrected chi connectivity index (χ2v) is 6.76. The van der Waals surface area contributed by atoms with E-state index in [2.05, 4.69) is 10.3 Å². The Balaban J connectivity index is 1.78. The standard InChI is InChI=1S/C17H22N4O2/c1-17(2,3)23-16(22)20-11-7-10-15(20)14-12-21(19-18-14)13-8-5-4-6-9-13/h4-6,8-9,12,15H,7,10-11H2,1-3H3/t15-/m0/s1. The zero-order chi connectivity index (χ0) is 16.4.